The molecule has 0 N–H and O–H groups in total. The number of allylic oxidation sites excluding steroid dienone is 8. The van der Waals surface area contributed by atoms with E-state index < -0.39 is 18.0 Å². The molecule has 0 bridgehead atoms. The molecule has 0 fully saturated rings. The van der Waals surface area contributed by atoms with E-state index in [0.717, 1.165) is 12.8 Å². The standard InChI is InChI=1S/2C7H9.2CH3.2ClH.H2Si.Zr/c2*1-6-4-3-5-7(6)2;;;;;;/h2*4H,3H2,1-2H3;2*1H3;2*1H;1H2;/q4*-1;;;;+2/p-2. The van der Waals surface area contributed by atoms with E-state index in [9.17, 15) is 0 Å². The molecule has 0 heterocycles. The van der Waals surface area contributed by atoms with Crippen molar-refractivity contribution in [1.82, 2.24) is 0 Å². The van der Waals surface area contributed by atoms with E-state index >= 15 is 0 Å². The predicted molar refractivity (Wildman–Crippen MR) is 94.7 cm³/mol. The van der Waals surface area contributed by atoms with Gasteiger partial charge in [0.1, 0.15) is 0 Å². The van der Waals surface area contributed by atoms with Crippen LogP contribution in [0.3, 0.4) is 0 Å². The summed E-state index contributed by atoms with van der Waals surface area (Å²) >= 11 is -1.57. The third kappa shape index (κ3) is 13.6. The molecule has 0 spiro atoms. The molecule has 0 saturated carbocycles. The molecular weight excluding hydrogens is 382 g/mol. The van der Waals surface area contributed by atoms with Crippen molar-refractivity contribution >= 4 is 23.9 Å². The molecule has 0 unspecified atom stereocenters. The number of hydrogen-bond donors (Lipinski definition) is 0. The Bertz CT molecular complexity index is 348. The van der Waals surface area contributed by atoms with Crippen LogP contribution in [0, 0.1) is 27.0 Å². The normalized spacial score (nSPS) is 14.7. The van der Waals surface area contributed by atoms with Crippen LogP contribution in [-0.2, 0) is 18.0 Å². The molecule has 2 rings (SSSR count). The number of rotatable bonds is 0. The Hall–Kier alpha value is 0.640. The van der Waals surface area contributed by atoms with Crippen LogP contribution in [-0.4, -0.2) is 6.88 Å². The fourth-order valence-corrected chi connectivity index (χ4v) is 1.30. The summed E-state index contributed by atoms with van der Waals surface area (Å²) in [6, 6.07) is 0. The van der Waals surface area contributed by atoms with Crippen LogP contribution in [0.25, 0.3) is 0 Å². The van der Waals surface area contributed by atoms with Gasteiger partial charge in [-0.25, -0.2) is 22.3 Å². The minimum absolute atomic E-state index is 0. The van der Waals surface area contributed by atoms with Crippen molar-refractivity contribution < 1.29 is 18.0 Å². The summed E-state index contributed by atoms with van der Waals surface area (Å²) in [7, 11) is 10.5. The van der Waals surface area contributed by atoms with E-state index in [0.29, 0.717) is 0 Å². The third-order valence-electron chi connectivity index (χ3n) is 2.73. The van der Waals surface area contributed by atoms with Crippen LogP contribution in [0.1, 0.15) is 40.5 Å². The van der Waals surface area contributed by atoms with Crippen LogP contribution in [0.15, 0.2) is 34.4 Å². The topological polar surface area (TPSA) is 0 Å². The first-order valence-corrected chi connectivity index (χ1v) is 18.1. The van der Waals surface area contributed by atoms with Gasteiger partial charge in [-0.1, -0.05) is 13.8 Å². The van der Waals surface area contributed by atoms with E-state index in [-0.39, 0.29) is 14.9 Å². The number of hydrogen-bond acceptors (Lipinski definition) is 0. The summed E-state index contributed by atoms with van der Waals surface area (Å²) in [6.07, 6.45) is 12.8. The second-order valence-electron chi connectivity index (χ2n) is 4.12. The van der Waals surface area contributed by atoms with Crippen LogP contribution >= 0.6 is 17.0 Å². The molecule has 0 radical (unpaired) electrons. The molecule has 0 aromatic carbocycles. The van der Waals surface area contributed by atoms with Gasteiger partial charge in [0.15, 0.2) is 0 Å². The molecule has 0 aromatic heterocycles. The van der Waals surface area contributed by atoms with Crippen molar-refractivity contribution in [1.29, 1.82) is 0 Å². The van der Waals surface area contributed by atoms with Crippen molar-refractivity contribution in [2.75, 3.05) is 0 Å². The average Bonchev–Trinajstić information content (AvgIpc) is 2.79. The molecule has 0 nitrogen and oxygen atoms in total. The Kier molecular flexibility index (Phi) is 18.6. The fraction of sp³-hybridized carbons (Fsp3) is 0.375. The van der Waals surface area contributed by atoms with E-state index in [1.807, 2.05) is 0 Å². The van der Waals surface area contributed by atoms with Gasteiger partial charge in [-0.2, -0.15) is 12.2 Å². The average molecular weight is 409 g/mol. The molecule has 4 heteroatoms. The second-order valence-corrected chi connectivity index (χ2v) is 21.8. The van der Waals surface area contributed by atoms with Crippen molar-refractivity contribution in [3.05, 3.63) is 61.4 Å². The molecule has 0 atom stereocenters. The van der Waals surface area contributed by atoms with Gasteiger partial charge >= 0.3 is 41.9 Å². The van der Waals surface area contributed by atoms with Gasteiger partial charge in [-0.3, -0.25) is 12.2 Å². The first-order valence-electron chi connectivity index (χ1n) is 5.83. The Labute approximate surface area is 143 Å². The predicted octanol–water partition coefficient (Wildman–Crippen LogP) is 5.53. The summed E-state index contributed by atoms with van der Waals surface area (Å²) in [5.41, 5.74) is 5.42. The Morgan fingerprint density at radius 3 is 1.20 bits per heavy atom. The Morgan fingerprint density at radius 1 is 0.900 bits per heavy atom. The van der Waals surface area contributed by atoms with E-state index in [4.69, 9.17) is 17.0 Å². The summed E-state index contributed by atoms with van der Waals surface area (Å²) in [4.78, 5) is 0. The molecule has 0 saturated heterocycles. The molecule has 0 amide bonds. The first-order chi connectivity index (χ1) is 8.34. The van der Waals surface area contributed by atoms with Crippen LogP contribution < -0.4 is 0 Å². The monoisotopic (exact) mass is 406 g/mol. The number of halogens is 2. The van der Waals surface area contributed by atoms with Crippen LogP contribution in [0.4, 0.5) is 0 Å². The molecule has 0 aliphatic heterocycles. The summed E-state index contributed by atoms with van der Waals surface area (Å²) < 4.78 is 0. The Balaban J connectivity index is -0.000000215. The quantitative estimate of drug-likeness (QED) is 0.365. The zero-order valence-corrected chi connectivity index (χ0v) is 18.9. The van der Waals surface area contributed by atoms with Crippen LogP contribution in [0.5, 0.6) is 0 Å². The van der Waals surface area contributed by atoms with Gasteiger partial charge in [0.05, 0.1) is 0 Å². The van der Waals surface area contributed by atoms with Gasteiger partial charge < -0.3 is 14.9 Å². The van der Waals surface area contributed by atoms with Crippen molar-refractivity contribution in [2.45, 2.75) is 40.5 Å². The van der Waals surface area contributed by atoms with Gasteiger partial charge in [0, 0.05) is 0 Å². The van der Waals surface area contributed by atoms with Crippen molar-refractivity contribution in [3.63, 3.8) is 0 Å². The third-order valence-corrected chi connectivity index (χ3v) is 2.73. The van der Waals surface area contributed by atoms with Gasteiger partial charge in [0.2, 0.25) is 0 Å². The fourth-order valence-electron chi connectivity index (χ4n) is 1.30. The minimum atomic E-state index is -1.57. The molecule has 2 aliphatic carbocycles. The Morgan fingerprint density at radius 2 is 1.15 bits per heavy atom. The van der Waals surface area contributed by atoms with Gasteiger partial charge in [-0.15, -0.1) is 26.7 Å². The summed E-state index contributed by atoms with van der Waals surface area (Å²) in [6.45, 7) is 10.2. The zero-order valence-electron chi connectivity index (χ0n) is 13.5. The van der Waals surface area contributed by atoms with E-state index in [2.05, 4.69) is 52.0 Å². The first kappa shape index (κ1) is 25.6. The van der Waals surface area contributed by atoms with Gasteiger partial charge in [-0.05, 0) is 0 Å². The molecule has 116 valence electrons. The molecule has 20 heavy (non-hydrogen) atoms. The van der Waals surface area contributed by atoms with Crippen molar-refractivity contribution in [2.24, 2.45) is 0 Å². The SMILES string of the molecule is CC1=[C-]CC=C1C.CC1=[C-]CC=C1C.[CH3-].[CH3-].[SiH2]=[Zr]([Cl])[Cl]. The van der Waals surface area contributed by atoms with E-state index in [1.54, 1.807) is 6.88 Å². The van der Waals surface area contributed by atoms with Crippen LogP contribution in [0.2, 0.25) is 0 Å². The van der Waals surface area contributed by atoms with E-state index in [1.165, 1.54) is 22.3 Å². The summed E-state index contributed by atoms with van der Waals surface area (Å²) in [5.74, 6) is 0. The zero-order chi connectivity index (χ0) is 14.1. The molecule has 2 aliphatic rings. The van der Waals surface area contributed by atoms with Crippen molar-refractivity contribution in [3.8, 4) is 0 Å². The molecule has 0 aromatic rings. The van der Waals surface area contributed by atoms with Gasteiger partial charge in [0.25, 0.3) is 0 Å². The summed E-state index contributed by atoms with van der Waals surface area (Å²) in [5, 5.41) is 0. The maximum absolute atomic E-state index is 5.25. The maximum atomic E-state index is 5.25. The second kappa shape index (κ2) is 14.6. The molecular formula is C16H26Cl2SiZr-4.